The maximum absolute atomic E-state index is 13.5. The molecule has 6 rings (SSSR count). The van der Waals surface area contributed by atoms with E-state index in [4.69, 9.17) is 16.6 Å². The highest BCUT2D eigenvalue weighted by Gasteiger charge is 2.51. The number of hydrogen-bond donors (Lipinski definition) is 0. The van der Waals surface area contributed by atoms with Crippen molar-refractivity contribution in [2.75, 3.05) is 6.54 Å². The fourth-order valence-electron chi connectivity index (χ4n) is 6.53. The summed E-state index contributed by atoms with van der Waals surface area (Å²) in [4.78, 5) is 24.6. The summed E-state index contributed by atoms with van der Waals surface area (Å²) >= 11 is 9.45. The standard InChI is InChI=1S/C29H31ClN6OS2/c1-18-7-8-20(30)10-23(18)36-25(19-6-5-9-31-13-19)33-34-27(36)39-15-24-32-22(14-38-24)26(37)35-17-29(4)12-21(35)11-28(2,3)16-29/h5-10,13-14,21H,11-12,15-17H2,1-4H3. The van der Waals surface area contributed by atoms with Crippen molar-refractivity contribution in [1.82, 2.24) is 29.6 Å². The number of aryl methyl sites for hydroxylation is 1. The third kappa shape index (κ3) is 5.24. The van der Waals surface area contributed by atoms with E-state index in [2.05, 4.69) is 40.9 Å². The van der Waals surface area contributed by atoms with Crippen molar-refractivity contribution in [2.24, 2.45) is 10.8 Å². The maximum Gasteiger partial charge on any atom is 0.273 e. The molecule has 2 unspecified atom stereocenters. The van der Waals surface area contributed by atoms with Gasteiger partial charge in [0.15, 0.2) is 11.0 Å². The van der Waals surface area contributed by atoms with Crippen molar-refractivity contribution < 1.29 is 4.79 Å². The van der Waals surface area contributed by atoms with Crippen molar-refractivity contribution in [2.45, 2.75) is 63.9 Å². The predicted octanol–water partition coefficient (Wildman–Crippen LogP) is 7.08. The minimum absolute atomic E-state index is 0.0607. The van der Waals surface area contributed by atoms with Gasteiger partial charge in [0, 0.05) is 40.9 Å². The van der Waals surface area contributed by atoms with Gasteiger partial charge in [0.05, 0.1) is 11.4 Å². The number of carbonyl (C=O) groups is 1. The molecule has 1 aliphatic carbocycles. The number of halogens is 1. The summed E-state index contributed by atoms with van der Waals surface area (Å²) in [6, 6.07) is 9.96. The number of carbonyl (C=O) groups excluding carboxylic acids is 1. The molecule has 1 aromatic carbocycles. The van der Waals surface area contributed by atoms with Crippen molar-refractivity contribution in [3.63, 3.8) is 0 Å². The van der Waals surface area contributed by atoms with Gasteiger partial charge in [0.25, 0.3) is 5.91 Å². The van der Waals surface area contributed by atoms with Crippen LogP contribution in [0.5, 0.6) is 0 Å². The molecule has 1 saturated heterocycles. The second-order valence-corrected chi connectivity index (χ2v) is 14.2. The fraction of sp³-hybridized carbons (Fsp3) is 0.414. The van der Waals surface area contributed by atoms with E-state index in [1.165, 1.54) is 11.3 Å². The molecule has 0 spiro atoms. The Morgan fingerprint density at radius 1 is 1.21 bits per heavy atom. The molecule has 1 aliphatic heterocycles. The van der Waals surface area contributed by atoms with Crippen LogP contribution >= 0.6 is 34.7 Å². The molecule has 1 amide bonds. The molecule has 2 fully saturated rings. The van der Waals surface area contributed by atoms with Gasteiger partial charge in [-0.1, -0.05) is 50.2 Å². The molecule has 0 N–H and O–H groups in total. The summed E-state index contributed by atoms with van der Waals surface area (Å²) in [6.45, 7) is 9.84. The van der Waals surface area contributed by atoms with E-state index in [-0.39, 0.29) is 16.7 Å². The average molecular weight is 579 g/mol. The van der Waals surface area contributed by atoms with Crippen LogP contribution in [0, 0.1) is 17.8 Å². The Kier molecular flexibility index (Phi) is 6.80. The Hall–Kier alpha value is -2.75. The topological polar surface area (TPSA) is 76.8 Å². The number of nitrogens with zero attached hydrogens (tertiary/aromatic N) is 6. The van der Waals surface area contributed by atoms with Gasteiger partial charge in [-0.15, -0.1) is 21.5 Å². The lowest BCUT2D eigenvalue weighted by Crippen LogP contribution is -2.37. The molecule has 3 aromatic heterocycles. The first-order valence-corrected chi connectivity index (χ1v) is 15.4. The highest BCUT2D eigenvalue weighted by atomic mass is 35.5. The Morgan fingerprint density at radius 3 is 2.85 bits per heavy atom. The largest absolute Gasteiger partial charge is 0.334 e. The van der Waals surface area contributed by atoms with Gasteiger partial charge in [-0.2, -0.15) is 0 Å². The Labute approximate surface area is 242 Å². The second-order valence-electron chi connectivity index (χ2n) is 11.9. The van der Waals surface area contributed by atoms with Gasteiger partial charge in [0.1, 0.15) is 10.7 Å². The zero-order chi connectivity index (χ0) is 27.4. The first kappa shape index (κ1) is 26.5. The van der Waals surface area contributed by atoms with E-state index >= 15 is 0 Å². The average Bonchev–Trinajstić information content (AvgIpc) is 3.59. The van der Waals surface area contributed by atoms with Gasteiger partial charge in [-0.05, 0) is 66.8 Å². The van der Waals surface area contributed by atoms with Crippen molar-refractivity contribution in [1.29, 1.82) is 0 Å². The quantitative estimate of drug-likeness (QED) is 0.227. The zero-order valence-corrected chi connectivity index (χ0v) is 24.9. The molecule has 2 bridgehead atoms. The lowest BCUT2D eigenvalue weighted by Gasteiger charge is -2.39. The van der Waals surface area contributed by atoms with E-state index < -0.39 is 0 Å². The molecular formula is C29H31ClN6OS2. The number of pyridine rings is 1. The van der Waals surface area contributed by atoms with Gasteiger partial charge >= 0.3 is 0 Å². The van der Waals surface area contributed by atoms with Gasteiger partial charge < -0.3 is 4.90 Å². The van der Waals surface area contributed by atoms with Crippen LogP contribution in [0.25, 0.3) is 17.1 Å². The number of benzene rings is 1. The minimum atomic E-state index is 0.0607. The van der Waals surface area contributed by atoms with Crippen LogP contribution in [0.3, 0.4) is 0 Å². The minimum Gasteiger partial charge on any atom is -0.334 e. The highest BCUT2D eigenvalue weighted by molar-refractivity contribution is 7.98. The highest BCUT2D eigenvalue weighted by Crippen LogP contribution is 2.52. The Bertz CT molecular complexity index is 1530. The van der Waals surface area contributed by atoms with Gasteiger partial charge in [-0.3, -0.25) is 14.3 Å². The lowest BCUT2D eigenvalue weighted by molar-refractivity contribution is 0.0703. The second kappa shape index (κ2) is 10.0. The van der Waals surface area contributed by atoms with E-state index in [1.807, 2.05) is 47.2 Å². The monoisotopic (exact) mass is 578 g/mol. The number of thiazole rings is 1. The van der Waals surface area contributed by atoms with Crippen molar-refractivity contribution in [3.8, 4) is 17.1 Å². The molecule has 39 heavy (non-hydrogen) atoms. The van der Waals surface area contributed by atoms with Crippen molar-refractivity contribution >= 4 is 40.6 Å². The molecule has 4 aromatic rings. The van der Waals surface area contributed by atoms with Crippen LogP contribution in [-0.2, 0) is 5.75 Å². The fourth-order valence-corrected chi connectivity index (χ4v) is 8.43. The van der Waals surface area contributed by atoms with Crippen molar-refractivity contribution in [3.05, 3.63) is 69.4 Å². The summed E-state index contributed by atoms with van der Waals surface area (Å²) in [7, 11) is 0. The van der Waals surface area contributed by atoms with Gasteiger partial charge in [0.2, 0.25) is 0 Å². The van der Waals surface area contributed by atoms with E-state index in [0.717, 1.165) is 52.8 Å². The van der Waals surface area contributed by atoms with E-state index in [0.29, 0.717) is 28.3 Å². The SMILES string of the molecule is Cc1ccc(Cl)cc1-n1c(SCc2nc(C(=O)N3CC4(C)CC3CC(C)(C)C4)cs2)nnc1-c1cccnc1. The molecule has 202 valence electrons. The molecule has 10 heteroatoms. The van der Waals surface area contributed by atoms with Crippen LogP contribution in [0.4, 0.5) is 0 Å². The third-order valence-electron chi connectivity index (χ3n) is 7.74. The first-order valence-electron chi connectivity index (χ1n) is 13.1. The van der Waals surface area contributed by atoms with E-state index in [1.54, 1.807) is 24.2 Å². The lowest BCUT2D eigenvalue weighted by atomic mass is 9.65. The number of fused-ring (bicyclic) bond motifs is 2. The molecule has 2 aliphatic rings. The molecule has 7 nitrogen and oxygen atoms in total. The third-order valence-corrected chi connectivity index (χ3v) is 9.94. The first-order chi connectivity index (χ1) is 18.6. The summed E-state index contributed by atoms with van der Waals surface area (Å²) in [5.74, 6) is 1.34. The smallest absolute Gasteiger partial charge is 0.273 e. The van der Waals surface area contributed by atoms with Gasteiger partial charge in [-0.25, -0.2) is 4.98 Å². The molecule has 1 saturated carbocycles. The summed E-state index contributed by atoms with van der Waals surface area (Å²) in [5, 5.41) is 13.2. The van der Waals surface area contributed by atoms with Crippen LogP contribution in [-0.4, -0.2) is 48.1 Å². The number of thioether (sulfide) groups is 1. The molecular weight excluding hydrogens is 548 g/mol. The number of amides is 1. The summed E-state index contributed by atoms with van der Waals surface area (Å²) in [5.41, 5.74) is 3.86. The molecule has 4 heterocycles. The predicted molar refractivity (Wildman–Crippen MR) is 157 cm³/mol. The van der Waals surface area contributed by atoms with E-state index in [9.17, 15) is 4.79 Å². The number of rotatable bonds is 6. The molecule has 0 radical (unpaired) electrons. The normalized spacial score (nSPS) is 21.9. The van der Waals surface area contributed by atoms with Crippen LogP contribution in [0.1, 0.15) is 61.1 Å². The van der Waals surface area contributed by atoms with Crippen LogP contribution in [0.15, 0.2) is 53.3 Å². The Balaban J connectivity index is 1.24. The number of aromatic nitrogens is 5. The number of hydrogen-bond acceptors (Lipinski definition) is 7. The molecule has 2 atom stereocenters. The maximum atomic E-state index is 13.5. The summed E-state index contributed by atoms with van der Waals surface area (Å²) < 4.78 is 2.02. The Morgan fingerprint density at radius 2 is 2.05 bits per heavy atom. The van der Waals surface area contributed by atoms with Crippen LogP contribution in [0.2, 0.25) is 5.02 Å². The van der Waals surface area contributed by atoms with Crippen LogP contribution < -0.4 is 0 Å². The number of likely N-dealkylation sites (tertiary alicyclic amines) is 1. The zero-order valence-electron chi connectivity index (χ0n) is 22.5. The summed E-state index contributed by atoms with van der Waals surface area (Å²) in [6.07, 6.45) is 6.82.